The zero-order valence-electron chi connectivity index (χ0n) is 11.1. The fourth-order valence-corrected chi connectivity index (χ4v) is 2.73. The van der Waals surface area contributed by atoms with E-state index < -0.39 is 0 Å². The van der Waals surface area contributed by atoms with Crippen LogP contribution in [0.5, 0.6) is 0 Å². The average molecular weight is 247 g/mol. The highest BCUT2D eigenvalue weighted by Gasteiger charge is 2.13. The van der Waals surface area contributed by atoms with Crippen molar-refractivity contribution in [2.45, 2.75) is 57.1 Å². The van der Waals surface area contributed by atoms with Crippen molar-refractivity contribution in [1.82, 2.24) is 5.32 Å². The standard InChI is InChI=1S/C16H25NO/c18-16(14-9-5-4-6-10-14)13-17-15-11-7-2-1-3-8-12-15/h4-6,9-10,15-18H,1-3,7-8,11-13H2/t16-/m0/s1. The summed E-state index contributed by atoms with van der Waals surface area (Å²) in [6, 6.07) is 10.5. The summed E-state index contributed by atoms with van der Waals surface area (Å²) in [5.41, 5.74) is 1.01. The molecule has 2 nitrogen and oxygen atoms in total. The maximum Gasteiger partial charge on any atom is 0.0914 e. The van der Waals surface area contributed by atoms with Crippen LogP contribution in [-0.4, -0.2) is 17.7 Å². The maximum absolute atomic E-state index is 10.1. The maximum atomic E-state index is 10.1. The van der Waals surface area contributed by atoms with E-state index in [4.69, 9.17) is 0 Å². The molecule has 2 N–H and O–H groups in total. The van der Waals surface area contributed by atoms with E-state index in [0.717, 1.165) is 5.56 Å². The molecule has 1 saturated carbocycles. The van der Waals surface area contributed by atoms with Crippen LogP contribution < -0.4 is 5.32 Å². The second-order valence-electron chi connectivity index (χ2n) is 5.38. The van der Waals surface area contributed by atoms with Crippen LogP contribution in [0.15, 0.2) is 30.3 Å². The molecule has 0 heterocycles. The Morgan fingerprint density at radius 1 is 1.00 bits per heavy atom. The molecule has 2 heteroatoms. The van der Waals surface area contributed by atoms with E-state index in [9.17, 15) is 5.11 Å². The smallest absolute Gasteiger partial charge is 0.0914 e. The third-order valence-electron chi connectivity index (χ3n) is 3.89. The van der Waals surface area contributed by atoms with Gasteiger partial charge in [-0.2, -0.15) is 0 Å². The molecule has 1 atom stereocenters. The van der Waals surface area contributed by atoms with Crippen molar-refractivity contribution in [1.29, 1.82) is 0 Å². The molecule has 0 saturated heterocycles. The zero-order valence-corrected chi connectivity index (χ0v) is 11.1. The molecule has 0 radical (unpaired) electrons. The molecule has 0 spiro atoms. The lowest BCUT2D eigenvalue weighted by Crippen LogP contribution is -2.33. The number of aliphatic hydroxyl groups is 1. The van der Waals surface area contributed by atoms with Gasteiger partial charge in [0.2, 0.25) is 0 Å². The Balaban J connectivity index is 1.76. The molecule has 0 aromatic heterocycles. The van der Waals surface area contributed by atoms with Crippen LogP contribution in [0.3, 0.4) is 0 Å². The van der Waals surface area contributed by atoms with Crippen LogP contribution in [0.25, 0.3) is 0 Å². The SMILES string of the molecule is O[C@@H](CNC1CCCCCCC1)c1ccccc1. The highest BCUT2D eigenvalue weighted by molar-refractivity contribution is 5.17. The van der Waals surface area contributed by atoms with Gasteiger partial charge in [0.05, 0.1) is 6.10 Å². The largest absolute Gasteiger partial charge is 0.387 e. The molecule has 0 bridgehead atoms. The van der Waals surface area contributed by atoms with Gasteiger partial charge in [0.15, 0.2) is 0 Å². The fourth-order valence-electron chi connectivity index (χ4n) is 2.73. The topological polar surface area (TPSA) is 32.3 Å². The molecule has 0 aliphatic heterocycles. The first-order chi connectivity index (χ1) is 8.86. The van der Waals surface area contributed by atoms with Crippen molar-refractivity contribution in [2.75, 3.05) is 6.54 Å². The highest BCUT2D eigenvalue weighted by atomic mass is 16.3. The summed E-state index contributed by atoms with van der Waals surface area (Å²) in [6.07, 6.45) is 8.97. The lowest BCUT2D eigenvalue weighted by Gasteiger charge is -2.22. The van der Waals surface area contributed by atoms with Gasteiger partial charge in [0.1, 0.15) is 0 Å². The Kier molecular flexibility index (Phi) is 5.69. The molecule has 1 aromatic rings. The normalized spacial score (nSPS) is 20.1. The molecule has 18 heavy (non-hydrogen) atoms. The number of nitrogens with one attached hydrogen (secondary N) is 1. The molecule has 0 unspecified atom stereocenters. The molecule has 100 valence electrons. The Bertz CT molecular complexity index is 317. The number of aliphatic hydroxyl groups excluding tert-OH is 1. The van der Waals surface area contributed by atoms with Gasteiger partial charge in [-0.05, 0) is 18.4 Å². The van der Waals surface area contributed by atoms with Gasteiger partial charge in [-0.25, -0.2) is 0 Å². The lowest BCUT2D eigenvalue weighted by molar-refractivity contribution is 0.167. The summed E-state index contributed by atoms with van der Waals surface area (Å²) in [4.78, 5) is 0. The van der Waals surface area contributed by atoms with Crippen molar-refractivity contribution in [3.05, 3.63) is 35.9 Å². The first-order valence-corrected chi connectivity index (χ1v) is 7.32. The van der Waals surface area contributed by atoms with Gasteiger partial charge < -0.3 is 10.4 Å². The summed E-state index contributed by atoms with van der Waals surface area (Å²) in [7, 11) is 0. The van der Waals surface area contributed by atoms with Crippen molar-refractivity contribution in [2.24, 2.45) is 0 Å². The van der Waals surface area contributed by atoms with Crippen LogP contribution in [0.1, 0.15) is 56.6 Å². The Hall–Kier alpha value is -0.860. The van der Waals surface area contributed by atoms with Crippen LogP contribution in [0.4, 0.5) is 0 Å². The Morgan fingerprint density at radius 3 is 2.28 bits per heavy atom. The molecule has 1 aliphatic rings. The minimum atomic E-state index is -0.378. The van der Waals surface area contributed by atoms with Crippen molar-refractivity contribution in [3.63, 3.8) is 0 Å². The second-order valence-corrected chi connectivity index (χ2v) is 5.38. The Labute approximate surface area is 110 Å². The summed E-state index contributed by atoms with van der Waals surface area (Å²) in [5.74, 6) is 0. The summed E-state index contributed by atoms with van der Waals surface area (Å²) >= 11 is 0. The van der Waals surface area contributed by atoms with Crippen molar-refractivity contribution in [3.8, 4) is 0 Å². The minimum absolute atomic E-state index is 0.378. The van der Waals surface area contributed by atoms with E-state index >= 15 is 0 Å². The van der Waals surface area contributed by atoms with E-state index in [1.165, 1.54) is 44.9 Å². The van der Waals surface area contributed by atoms with Gasteiger partial charge in [0, 0.05) is 12.6 Å². The predicted molar refractivity (Wildman–Crippen MR) is 75.5 cm³/mol. The Morgan fingerprint density at radius 2 is 1.61 bits per heavy atom. The van der Waals surface area contributed by atoms with Gasteiger partial charge in [-0.15, -0.1) is 0 Å². The average Bonchev–Trinajstić information content (AvgIpc) is 2.38. The van der Waals surface area contributed by atoms with Crippen molar-refractivity contribution < 1.29 is 5.11 Å². The minimum Gasteiger partial charge on any atom is -0.387 e. The van der Waals surface area contributed by atoms with Crippen LogP contribution >= 0.6 is 0 Å². The van der Waals surface area contributed by atoms with E-state index in [0.29, 0.717) is 12.6 Å². The van der Waals surface area contributed by atoms with E-state index in [-0.39, 0.29) is 6.10 Å². The molecular weight excluding hydrogens is 222 g/mol. The first-order valence-electron chi connectivity index (χ1n) is 7.32. The monoisotopic (exact) mass is 247 g/mol. The molecule has 1 fully saturated rings. The van der Waals surface area contributed by atoms with Crippen LogP contribution in [0.2, 0.25) is 0 Å². The van der Waals surface area contributed by atoms with E-state index in [2.05, 4.69) is 5.32 Å². The summed E-state index contributed by atoms with van der Waals surface area (Å²) in [5, 5.41) is 13.7. The van der Waals surface area contributed by atoms with Gasteiger partial charge in [-0.1, -0.05) is 62.4 Å². The fraction of sp³-hybridized carbons (Fsp3) is 0.625. The number of benzene rings is 1. The summed E-state index contributed by atoms with van der Waals surface area (Å²) < 4.78 is 0. The van der Waals surface area contributed by atoms with Crippen LogP contribution in [-0.2, 0) is 0 Å². The number of hydrogen-bond acceptors (Lipinski definition) is 2. The van der Waals surface area contributed by atoms with Gasteiger partial charge >= 0.3 is 0 Å². The zero-order chi connectivity index (χ0) is 12.6. The third-order valence-corrected chi connectivity index (χ3v) is 3.89. The number of hydrogen-bond donors (Lipinski definition) is 2. The third kappa shape index (κ3) is 4.43. The first kappa shape index (κ1) is 13.6. The molecular formula is C16H25NO. The summed E-state index contributed by atoms with van der Waals surface area (Å²) in [6.45, 7) is 0.675. The van der Waals surface area contributed by atoms with Crippen LogP contribution in [0, 0.1) is 0 Å². The predicted octanol–water partition coefficient (Wildman–Crippen LogP) is 3.42. The molecule has 0 amide bonds. The van der Waals surface area contributed by atoms with E-state index in [1.54, 1.807) is 0 Å². The lowest BCUT2D eigenvalue weighted by atomic mass is 9.96. The highest BCUT2D eigenvalue weighted by Crippen LogP contribution is 2.18. The molecule has 1 aromatic carbocycles. The van der Waals surface area contributed by atoms with Gasteiger partial charge in [0.25, 0.3) is 0 Å². The van der Waals surface area contributed by atoms with Gasteiger partial charge in [-0.3, -0.25) is 0 Å². The molecule has 2 rings (SSSR count). The second kappa shape index (κ2) is 7.55. The quantitative estimate of drug-likeness (QED) is 0.854. The van der Waals surface area contributed by atoms with Crippen molar-refractivity contribution >= 4 is 0 Å². The molecule has 1 aliphatic carbocycles. The van der Waals surface area contributed by atoms with E-state index in [1.807, 2.05) is 30.3 Å². The number of rotatable bonds is 4.